The van der Waals surface area contributed by atoms with Crippen LogP contribution in [-0.2, 0) is 4.79 Å². The number of carbonyl (C=O) groups is 2. The Bertz CT molecular complexity index is 647. The van der Waals surface area contributed by atoms with Crippen molar-refractivity contribution < 1.29 is 14.7 Å². The van der Waals surface area contributed by atoms with E-state index in [0.717, 1.165) is 15.6 Å². The van der Waals surface area contributed by atoms with Crippen LogP contribution in [0.25, 0.3) is 0 Å². The summed E-state index contributed by atoms with van der Waals surface area (Å²) in [5.74, 6) is -0.249. The van der Waals surface area contributed by atoms with Crippen molar-refractivity contribution in [2.45, 2.75) is 58.8 Å². The molecule has 0 radical (unpaired) electrons. The van der Waals surface area contributed by atoms with Crippen LogP contribution in [0.2, 0.25) is 0 Å². The Kier molecular flexibility index (Phi) is 4.69. The quantitative estimate of drug-likeness (QED) is 0.899. The van der Waals surface area contributed by atoms with Crippen LogP contribution in [0.3, 0.4) is 0 Å². The fourth-order valence-corrected chi connectivity index (χ4v) is 5.22. The zero-order valence-electron chi connectivity index (χ0n) is 14.7. The summed E-state index contributed by atoms with van der Waals surface area (Å²) in [5.41, 5.74) is 0.660. The zero-order valence-corrected chi connectivity index (χ0v) is 15.5. The second kappa shape index (κ2) is 6.47. The number of aryl methyl sites for hydroxylation is 1. The maximum Gasteiger partial charge on any atom is 0.303 e. The Balaban J connectivity index is 1.76. The number of rotatable bonds is 4. The van der Waals surface area contributed by atoms with Crippen LogP contribution in [0.4, 0.5) is 0 Å². The third kappa shape index (κ3) is 3.34. The minimum absolute atomic E-state index is 0.00137. The van der Waals surface area contributed by atoms with Crippen molar-refractivity contribution in [3.63, 3.8) is 0 Å². The molecule has 1 saturated carbocycles. The van der Waals surface area contributed by atoms with Gasteiger partial charge in [0, 0.05) is 19.0 Å². The number of nitrogens with zero attached hydrogens (tertiary/aromatic N) is 2. The number of hydrogen-bond donors (Lipinski definition) is 1. The van der Waals surface area contributed by atoms with Crippen molar-refractivity contribution in [1.82, 2.24) is 9.88 Å². The molecule has 0 spiro atoms. The van der Waals surface area contributed by atoms with E-state index in [1.54, 1.807) is 11.3 Å². The predicted molar refractivity (Wildman–Crippen MR) is 93.5 cm³/mol. The van der Waals surface area contributed by atoms with Gasteiger partial charge in [-0.05, 0) is 31.1 Å². The minimum atomic E-state index is -0.792. The van der Waals surface area contributed by atoms with Gasteiger partial charge in [-0.25, -0.2) is 4.98 Å². The van der Waals surface area contributed by atoms with E-state index in [2.05, 4.69) is 18.8 Å². The lowest BCUT2D eigenvalue weighted by atomic mass is 9.80. The first-order chi connectivity index (χ1) is 11.3. The smallest absolute Gasteiger partial charge is 0.303 e. The summed E-state index contributed by atoms with van der Waals surface area (Å²) < 4.78 is 0. The second-order valence-corrected chi connectivity index (χ2v) is 8.95. The highest BCUT2D eigenvalue weighted by Gasteiger charge is 2.43. The van der Waals surface area contributed by atoms with Gasteiger partial charge in [-0.15, -0.1) is 11.3 Å². The monoisotopic (exact) mass is 350 g/mol. The van der Waals surface area contributed by atoms with Gasteiger partial charge in [-0.2, -0.15) is 0 Å². The van der Waals surface area contributed by atoms with Crippen molar-refractivity contribution in [2.75, 3.05) is 13.1 Å². The van der Waals surface area contributed by atoms with Crippen LogP contribution >= 0.6 is 11.3 Å². The first-order valence-electron chi connectivity index (χ1n) is 8.76. The largest absolute Gasteiger partial charge is 0.481 e. The third-order valence-electron chi connectivity index (χ3n) is 5.56. The van der Waals surface area contributed by atoms with Gasteiger partial charge in [-0.3, -0.25) is 9.59 Å². The second-order valence-electron chi connectivity index (χ2n) is 7.92. The van der Waals surface area contributed by atoms with Gasteiger partial charge in [0.2, 0.25) is 0 Å². The molecule has 132 valence electrons. The molecule has 1 aromatic rings. The molecule has 1 saturated heterocycles. The van der Waals surface area contributed by atoms with Crippen LogP contribution in [-0.4, -0.2) is 40.0 Å². The molecule has 3 rings (SSSR count). The molecular weight excluding hydrogens is 324 g/mol. The molecule has 6 heteroatoms. The number of hydrogen-bond acceptors (Lipinski definition) is 4. The summed E-state index contributed by atoms with van der Waals surface area (Å²) in [6.45, 7) is 7.15. The number of thiazole rings is 1. The zero-order chi connectivity index (χ0) is 17.5. The number of carbonyl (C=O) groups excluding carboxylic acids is 1. The first-order valence-corrected chi connectivity index (χ1v) is 9.58. The van der Waals surface area contributed by atoms with Crippen molar-refractivity contribution in [1.29, 1.82) is 0 Å². The number of aliphatic carboxylic acids is 1. The van der Waals surface area contributed by atoms with E-state index < -0.39 is 5.97 Å². The number of likely N-dealkylation sites (tertiary alicyclic amines) is 1. The molecule has 0 aromatic carbocycles. The molecule has 0 bridgehead atoms. The average Bonchev–Trinajstić information content (AvgIpc) is 3.18. The van der Waals surface area contributed by atoms with E-state index in [4.69, 9.17) is 5.11 Å². The van der Waals surface area contributed by atoms with Crippen molar-refractivity contribution in [2.24, 2.45) is 11.3 Å². The minimum Gasteiger partial charge on any atom is -0.481 e. The van der Waals surface area contributed by atoms with E-state index in [-0.39, 0.29) is 23.7 Å². The molecule has 2 aliphatic rings. The van der Waals surface area contributed by atoms with Gasteiger partial charge in [0.05, 0.1) is 17.1 Å². The Hall–Kier alpha value is -1.43. The molecule has 1 atom stereocenters. The highest BCUT2D eigenvalue weighted by Crippen LogP contribution is 2.40. The molecule has 1 amide bonds. The van der Waals surface area contributed by atoms with Crippen molar-refractivity contribution in [3.05, 3.63) is 15.6 Å². The fraction of sp³-hybridized carbons (Fsp3) is 0.722. The summed E-state index contributed by atoms with van der Waals surface area (Å²) in [6.07, 6.45) is 4.98. The Morgan fingerprint density at radius 1 is 1.33 bits per heavy atom. The van der Waals surface area contributed by atoms with E-state index in [1.165, 1.54) is 25.7 Å². The van der Waals surface area contributed by atoms with Crippen LogP contribution in [0.5, 0.6) is 0 Å². The Morgan fingerprint density at radius 3 is 2.62 bits per heavy atom. The first kappa shape index (κ1) is 17.4. The van der Waals surface area contributed by atoms with Gasteiger partial charge in [0.25, 0.3) is 5.91 Å². The third-order valence-corrected chi connectivity index (χ3v) is 6.87. The highest BCUT2D eigenvalue weighted by atomic mass is 32.1. The van der Waals surface area contributed by atoms with Gasteiger partial charge in [0.15, 0.2) is 0 Å². The lowest BCUT2D eigenvalue weighted by molar-refractivity contribution is -0.138. The fourth-order valence-electron chi connectivity index (χ4n) is 4.01. The normalized spacial score (nSPS) is 23.8. The molecule has 2 fully saturated rings. The van der Waals surface area contributed by atoms with Crippen LogP contribution in [0.1, 0.15) is 72.2 Å². The topological polar surface area (TPSA) is 70.5 Å². The summed E-state index contributed by atoms with van der Waals surface area (Å²) in [4.78, 5) is 31.3. The van der Waals surface area contributed by atoms with Gasteiger partial charge in [-0.1, -0.05) is 26.7 Å². The van der Waals surface area contributed by atoms with Crippen molar-refractivity contribution >= 4 is 23.2 Å². The lowest BCUT2D eigenvalue weighted by Crippen LogP contribution is -2.30. The molecule has 1 N–H and O–H groups in total. The SMILES string of the molecule is Cc1nc(C2CCCC2)sc1C(=O)N1CC(CC(=O)O)C(C)(C)C1. The van der Waals surface area contributed by atoms with Gasteiger partial charge in [0.1, 0.15) is 4.88 Å². The van der Waals surface area contributed by atoms with Crippen LogP contribution in [0.15, 0.2) is 0 Å². The van der Waals surface area contributed by atoms with E-state index >= 15 is 0 Å². The molecule has 1 aliphatic heterocycles. The van der Waals surface area contributed by atoms with E-state index in [1.807, 2.05) is 11.8 Å². The molecule has 24 heavy (non-hydrogen) atoms. The molecule has 1 unspecified atom stereocenters. The molecular formula is C18H26N2O3S. The van der Waals surface area contributed by atoms with E-state index in [0.29, 0.717) is 19.0 Å². The maximum atomic E-state index is 13.0. The van der Waals surface area contributed by atoms with Gasteiger partial charge < -0.3 is 10.0 Å². The van der Waals surface area contributed by atoms with Crippen molar-refractivity contribution in [3.8, 4) is 0 Å². The number of carboxylic acid groups (broad SMARTS) is 1. The highest BCUT2D eigenvalue weighted by molar-refractivity contribution is 7.13. The molecule has 1 aliphatic carbocycles. The van der Waals surface area contributed by atoms with E-state index in [9.17, 15) is 9.59 Å². The standard InChI is InChI=1S/C18H26N2O3S/c1-11-15(24-16(19-11)12-6-4-5-7-12)17(23)20-9-13(8-14(21)22)18(2,3)10-20/h12-13H,4-10H2,1-3H3,(H,21,22). The number of carboxylic acids is 1. The predicted octanol–water partition coefficient (Wildman–Crippen LogP) is 3.68. The van der Waals surface area contributed by atoms with Crippen LogP contribution < -0.4 is 0 Å². The summed E-state index contributed by atoms with van der Waals surface area (Å²) in [7, 11) is 0. The molecule has 5 nitrogen and oxygen atoms in total. The van der Waals surface area contributed by atoms with Crippen LogP contribution in [0, 0.1) is 18.3 Å². The number of aromatic nitrogens is 1. The Morgan fingerprint density at radius 2 is 2.00 bits per heavy atom. The summed E-state index contributed by atoms with van der Waals surface area (Å²) in [5, 5.41) is 10.2. The Labute approximate surface area is 147 Å². The maximum absolute atomic E-state index is 13.0. The molecule has 2 heterocycles. The molecule has 1 aromatic heterocycles. The average molecular weight is 350 g/mol. The lowest BCUT2D eigenvalue weighted by Gasteiger charge is -2.23. The van der Waals surface area contributed by atoms with Gasteiger partial charge >= 0.3 is 5.97 Å². The number of amides is 1. The summed E-state index contributed by atoms with van der Waals surface area (Å²) in [6, 6.07) is 0. The summed E-state index contributed by atoms with van der Waals surface area (Å²) >= 11 is 1.55.